The molecular formula is C21H29N3O4. The van der Waals surface area contributed by atoms with Gasteiger partial charge in [0.25, 0.3) is 5.91 Å². The summed E-state index contributed by atoms with van der Waals surface area (Å²) in [6.45, 7) is 5.89. The van der Waals surface area contributed by atoms with Crippen LogP contribution in [0.4, 0.5) is 0 Å². The minimum atomic E-state index is -0.0721. The number of methoxy groups -OCH3 is 1. The van der Waals surface area contributed by atoms with Crippen LogP contribution in [0.25, 0.3) is 0 Å². The summed E-state index contributed by atoms with van der Waals surface area (Å²) in [5, 5.41) is 3.01. The van der Waals surface area contributed by atoms with E-state index in [4.69, 9.17) is 9.47 Å². The first-order chi connectivity index (χ1) is 13.5. The lowest BCUT2D eigenvalue weighted by molar-refractivity contribution is -0.131. The van der Waals surface area contributed by atoms with Gasteiger partial charge in [-0.3, -0.25) is 14.5 Å². The largest absolute Gasteiger partial charge is 0.497 e. The zero-order valence-corrected chi connectivity index (χ0v) is 16.7. The second kappa shape index (κ2) is 7.72. The lowest BCUT2D eigenvalue weighted by Gasteiger charge is -2.49. The number of hydrogen-bond donors (Lipinski definition) is 1. The van der Waals surface area contributed by atoms with Gasteiger partial charge in [0.1, 0.15) is 5.75 Å². The van der Waals surface area contributed by atoms with Crippen molar-refractivity contribution in [3.63, 3.8) is 0 Å². The summed E-state index contributed by atoms with van der Waals surface area (Å²) >= 11 is 0. The molecule has 1 atom stereocenters. The van der Waals surface area contributed by atoms with Crippen LogP contribution in [0.1, 0.15) is 35.2 Å². The van der Waals surface area contributed by atoms with Crippen molar-refractivity contribution >= 4 is 11.8 Å². The van der Waals surface area contributed by atoms with E-state index < -0.39 is 0 Å². The highest BCUT2D eigenvalue weighted by Gasteiger charge is 2.47. The number of carbonyl (C=O) groups is 2. The van der Waals surface area contributed by atoms with Gasteiger partial charge in [0.2, 0.25) is 5.91 Å². The standard InChI is InChI=1S/C21H29N3O4/c1-15-11-17(27-2)3-4-18(15)20(26)23-8-5-16(6-9-23)24-12-19(25)22-13-21(24)7-10-28-14-21/h3-4,11,16H,5-10,12-14H2,1-2H3,(H,22,25). The molecule has 0 aliphatic carbocycles. The molecule has 1 spiro atoms. The summed E-state index contributed by atoms with van der Waals surface area (Å²) in [6, 6.07) is 5.90. The molecule has 3 heterocycles. The Labute approximate surface area is 166 Å². The van der Waals surface area contributed by atoms with Gasteiger partial charge in [-0.15, -0.1) is 0 Å². The van der Waals surface area contributed by atoms with E-state index in [-0.39, 0.29) is 17.4 Å². The molecule has 1 aromatic carbocycles. The predicted molar refractivity (Wildman–Crippen MR) is 105 cm³/mol. The van der Waals surface area contributed by atoms with Gasteiger partial charge in [0, 0.05) is 37.8 Å². The number of rotatable bonds is 3. The van der Waals surface area contributed by atoms with Crippen molar-refractivity contribution in [2.24, 2.45) is 0 Å². The Balaban J connectivity index is 1.42. The van der Waals surface area contributed by atoms with E-state index in [1.54, 1.807) is 7.11 Å². The third kappa shape index (κ3) is 3.49. The Bertz CT molecular complexity index is 752. The molecule has 1 unspecified atom stereocenters. The van der Waals surface area contributed by atoms with Crippen molar-refractivity contribution in [2.45, 2.75) is 37.8 Å². The molecule has 0 bridgehead atoms. The zero-order valence-electron chi connectivity index (χ0n) is 16.7. The van der Waals surface area contributed by atoms with E-state index in [2.05, 4.69) is 10.2 Å². The van der Waals surface area contributed by atoms with Crippen molar-refractivity contribution in [3.8, 4) is 5.75 Å². The molecule has 3 aliphatic heterocycles. The van der Waals surface area contributed by atoms with Gasteiger partial charge < -0.3 is 19.7 Å². The van der Waals surface area contributed by atoms with Crippen LogP contribution in [-0.2, 0) is 9.53 Å². The van der Waals surface area contributed by atoms with E-state index in [9.17, 15) is 9.59 Å². The second-order valence-corrected chi connectivity index (χ2v) is 8.14. The summed E-state index contributed by atoms with van der Waals surface area (Å²) in [5.74, 6) is 0.930. The van der Waals surface area contributed by atoms with E-state index in [0.717, 1.165) is 42.7 Å². The Morgan fingerprint density at radius 2 is 2.11 bits per heavy atom. The summed E-state index contributed by atoms with van der Waals surface area (Å²) in [4.78, 5) is 29.3. The smallest absolute Gasteiger partial charge is 0.254 e. The van der Waals surface area contributed by atoms with E-state index in [0.29, 0.717) is 38.8 Å². The van der Waals surface area contributed by atoms with Crippen molar-refractivity contribution < 1.29 is 19.1 Å². The molecule has 0 aromatic heterocycles. The van der Waals surface area contributed by atoms with Crippen molar-refractivity contribution in [2.75, 3.05) is 46.5 Å². The fourth-order valence-corrected chi connectivity index (χ4v) is 4.78. The molecule has 0 radical (unpaired) electrons. The van der Waals surface area contributed by atoms with Gasteiger partial charge in [-0.1, -0.05) is 0 Å². The predicted octanol–water partition coefficient (Wildman–Crippen LogP) is 1.20. The van der Waals surface area contributed by atoms with E-state index in [1.807, 2.05) is 30.0 Å². The molecule has 1 N–H and O–H groups in total. The molecule has 1 aromatic rings. The quantitative estimate of drug-likeness (QED) is 0.844. The molecule has 2 amide bonds. The maximum Gasteiger partial charge on any atom is 0.254 e. The number of ether oxygens (including phenoxy) is 2. The van der Waals surface area contributed by atoms with Crippen LogP contribution in [-0.4, -0.2) is 79.7 Å². The fraction of sp³-hybridized carbons (Fsp3) is 0.619. The third-order valence-corrected chi connectivity index (χ3v) is 6.48. The molecule has 4 rings (SSSR count). The number of nitrogens with one attached hydrogen (secondary N) is 1. The normalized spacial score (nSPS) is 26.5. The maximum atomic E-state index is 13.0. The van der Waals surface area contributed by atoms with Crippen LogP contribution in [0.3, 0.4) is 0 Å². The summed E-state index contributed by atoms with van der Waals surface area (Å²) in [5.41, 5.74) is 1.59. The van der Waals surface area contributed by atoms with Gasteiger partial charge in [-0.05, 0) is 49.9 Å². The van der Waals surface area contributed by atoms with Crippen LogP contribution < -0.4 is 10.1 Å². The minimum absolute atomic E-state index is 0.0721. The number of piperazine rings is 1. The number of carbonyl (C=O) groups excluding carboxylic acids is 2. The average molecular weight is 387 g/mol. The molecular weight excluding hydrogens is 358 g/mol. The van der Waals surface area contributed by atoms with Crippen LogP contribution in [0.5, 0.6) is 5.75 Å². The third-order valence-electron chi connectivity index (χ3n) is 6.48. The summed E-state index contributed by atoms with van der Waals surface area (Å²) in [6.07, 6.45) is 2.73. The Kier molecular flexibility index (Phi) is 5.29. The molecule has 0 saturated carbocycles. The van der Waals surface area contributed by atoms with Crippen LogP contribution in [0.15, 0.2) is 18.2 Å². The number of amides is 2. The number of piperidine rings is 1. The molecule has 3 fully saturated rings. The van der Waals surface area contributed by atoms with Crippen LogP contribution >= 0.6 is 0 Å². The van der Waals surface area contributed by atoms with E-state index >= 15 is 0 Å². The van der Waals surface area contributed by atoms with Crippen LogP contribution in [0.2, 0.25) is 0 Å². The Morgan fingerprint density at radius 1 is 1.32 bits per heavy atom. The zero-order chi connectivity index (χ0) is 19.7. The van der Waals surface area contributed by atoms with Gasteiger partial charge in [0.15, 0.2) is 0 Å². The summed E-state index contributed by atoms with van der Waals surface area (Å²) in [7, 11) is 1.63. The second-order valence-electron chi connectivity index (χ2n) is 8.14. The number of hydrogen-bond acceptors (Lipinski definition) is 5. The SMILES string of the molecule is COc1ccc(C(=O)N2CCC(N3CC(=O)NCC34CCOC4)CC2)c(C)c1. The lowest BCUT2D eigenvalue weighted by Crippen LogP contribution is -2.67. The number of likely N-dealkylation sites (tertiary alicyclic amines) is 1. The lowest BCUT2D eigenvalue weighted by atomic mass is 9.89. The molecule has 7 heteroatoms. The van der Waals surface area contributed by atoms with Crippen LogP contribution in [0, 0.1) is 6.92 Å². The van der Waals surface area contributed by atoms with Gasteiger partial charge in [0.05, 0.1) is 25.8 Å². The topological polar surface area (TPSA) is 71.1 Å². The fourth-order valence-electron chi connectivity index (χ4n) is 4.78. The Hall–Kier alpha value is -2.12. The highest BCUT2D eigenvalue weighted by Crippen LogP contribution is 2.33. The highest BCUT2D eigenvalue weighted by atomic mass is 16.5. The maximum absolute atomic E-state index is 13.0. The van der Waals surface area contributed by atoms with Crippen molar-refractivity contribution in [3.05, 3.63) is 29.3 Å². The van der Waals surface area contributed by atoms with Crippen molar-refractivity contribution in [1.82, 2.24) is 15.1 Å². The molecule has 3 saturated heterocycles. The summed E-state index contributed by atoms with van der Waals surface area (Å²) < 4.78 is 10.9. The molecule has 7 nitrogen and oxygen atoms in total. The van der Waals surface area contributed by atoms with E-state index in [1.165, 1.54) is 0 Å². The van der Waals surface area contributed by atoms with Gasteiger partial charge >= 0.3 is 0 Å². The average Bonchev–Trinajstić information content (AvgIpc) is 3.19. The Morgan fingerprint density at radius 3 is 2.75 bits per heavy atom. The number of aryl methyl sites for hydroxylation is 1. The van der Waals surface area contributed by atoms with Gasteiger partial charge in [-0.2, -0.15) is 0 Å². The van der Waals surface area contributed by atoms with Gasteiger partial charge in [-0.25, -0.2) is 0 Å². The first kappa shape index (κ1) is 19.2. The first-order valence-corrected chi connectivity index (χ1v) is 10.1. The van der Waals surface area contributed by atoms with Crippen molar-refractivity contribution in [1.29, 1.82) is 0 Å². The minimum Gasteiger partial charge on any atom is -0.497 e. The number of benzene rings is 1. The molecule has 3 aliphatic rings. The first-order valence-electron chi connectivity index (χ1n) is 10.1. The molecule has 152 valence electrons. The molecule has 28 heavy (non-hydrogen) atoms. The monoisotopic (exact) mass is 387 g/mol. The number of nitrogens with zero attached hydrogens (tertiary/aromatic N) is 2. The highest BCUT2D eigenvalue weighted by molar-refractivity contribution is 5.95.